The lowest BCUT2D eigenvalue weighted by Crippen LogP contribution is -2.25. The molecule has 1 rings (SSSR count). The molecule has 3 nitrogen and oxygen atoms in total. The first-order chi connectivity index (χ1) is 8.09. The minimum atomic E-state index is -0.703. The number of carbonyl (C=O) groups excluding carboxylic acids is 1. The average molecular weight is 277 g/mol. The van der Waals surface area contributed by atoms with Crippen molar-refractivity contribution < 1.29 is 14.9 Å². The normalized spacial score (nSPS) is 11.7. The Labute approximate surface area is 126 Å². The first kappa shape index (κ1) is 18.2. The van der Waals surface area contributed by atoms with E-state index >= 15 is 0 Å². The minimum Gasteiger partial charge on any atom is -0.295 e. The van der Waals surface area contributed by atoms with Gasteiger partial charge in [-0.25, -0.2) is 4.79 Å². The Morgan fingerprint density at radius 2 is 1.58 bits per heavy atom. The SMILES string of the molecule is CC(C)(C)c1cccc(C(=O)OO)c1C(C)(C)C.[Al]. The second-order valence-electron chi connectivity index (χ2n) is 6.61. The second kappa shape index (κ2) is 6.09. The summed E-state index contributed by atoms with van der Waals surface area (Å²) < 4.78 is 0. The fraction of sp³-hybridized carbons (Fsp3) is 0.533. The first-order valence-electron chi connectivity index (χ1n) is 6.08. The van der Waals surface area contributed by atoms with Crippen molar-refractivity contribution in [1.82, 2.24) is 0 Å². The van der Waals surface area contributed by atoms with Crippen LogP contribution in [-0.2, 0) is 15.7 Å². The van der Waals surface area contributed by atoms with Gasteiger partial charge in [-0.1, -0.05) is 53.7 Å². The van der Waals surface area contributed by atoms with Crippen LogP contribution in [0.5, 0.6) is 0 Å². The summed E-state index contributed by atoms with van der Waals surface area (Å²) in [5.74, 6) is -0.703. The Morgan fingerprint density at radius 1 is 1.05 bits per heavy atom. The summed E-state index contributed by atoms with van der Waals surface area (Å²) in [5, 5.41) is 8.62. The highest BCUT2D eigenvalue weighted by Crippen LogP contribution is 2.36. The maximum absolute atomic E-state index is 11.7. The quantitative estimate of drug-likeness (QED) is 0.485. The molecule has 0 fully saturated rings. The molecule has 0 atom stereocenters. The molecule has 0 aliphatic carbocycles. The number of hydrogen-bond donors (Lipinski definition) is 1. The van der Waals surface area contributed by atoms with E-state index in [4.69, 9.17) is 5.26 Å². The molecule has 1 aromatic rings. The van der Waals surface area contributed by atoms with E-state index < -0.39 is 5.97 Å². The zero-order valence-corrected chi connectivity index (χ0v) is 13.7. The molecular weight excluding hydrogens is 255 g/mol. The number of benzene rings is 1. The van der Waals surface area contributed by atoms with Gasteiger partial charge in [-0.15, -0.1) is 0 Å². The minimum absolute atomic E-state index is 0. The van der Waals surface area contributed by atoms with Crippen molar-refractivity contribution in [3.63, 3.8) is 0 Å². The molecule has 103 valence electrons. The molecule has 19 heavy (non-hydrogen) atoms. The van der Waals surface area contributed by atoms with E-state index in [1.54, 1.807) is 6.07 Å². The maximum Gasteiger partial charge on any atom is 0.373 e. The van der Waals surface area contributed by atoms with Gasteiger partial charge >= 0.3 is 5.97 Å². The van der Waals surface area contributed by atoms with Gasteiger partial charge in [0, 0.05) is 17.4 Å². The highest BCUT2D eigenvalue weighted by atomic mass is 27.0. The molecule has 0 aliphatic heterocycles. The van der Waals surface area contributed by atoms with Crippen LogP contribution in [0.15, 0.2) is 18.2 Å². The molecule has 1 N–H and O–H groups in total. The largest absolute Gasteiger partial charge is 0.373 e. The Bertz CT molecular complexity index is 453. The summed E-state index contributed by atoms with van der Waals surface area (Å²) in [5.41, 5.74) is 2.17. The van der Waals surface area contributed by atoms with Gasteiger partial charge in [0.2, 0.25) is 0 Å². The molecule has 0 amide bonds. The lowest BCUT2D eigenvalue weighted by Gasteiger charge is -2.31. The molecule has 3 radical (unpaired) electrons. The fourth-order valence-corrected chi connectivity index (χ4v) is 2.20. The third-order valence-corrected chi connectivity index (χ3v) is 2.93. The highest BCUT2D eigenvalue weighted by Gasteiger charge is 2.30. The van der Waals surface area contributed by atoms with Gasteiger partial charge < -0.3 is 0 Å². The molecule has 0 aliphatic rings. The van der Waals surface area contributed by atoms with Crippen molar-refractivity contribution >= 4 is 23.3 Å². The van der Waals surface area contributed by atoms with Crippen molar-refractivity contribution in [2.24, 2.45) is 0 Å². The number of rotatable bonds is 1. The van der Waals surface area contributed by atoms with Gasteiger partial charge in [-0.05, 0) is 28.0 Å². The van der Waals surface area contributed by atoms with Crippen molar-refractivity contribution in [3.8, 4) is 0 Å². The van der Waals surface area contributed by atoms with Crippen molar-refractivity contribution in [2.75, 3.05) is 0 Å². The van der Waals surface area contributed by atoms with Crippen LogP contribution in [0, 0.1) is 0 Å². The summed E-state index contributed by atoms with van der Waals surface area (Å²) in [6, 6.07) is 5.53. The summed E-state index contributed by atoms with van der Waals surface area (Å²) in [7, 11) is 0. The van der Waals surface area contributed by atoms with Crippen LogP contribution < -0.4 is 0 Å². The van der Waals surface area contributed by atoms with Crippen LogP contribution in [-0.4, -0.2) is 28.6 Å². The zero-order valence-electron chi connectivity index (χ0n) is 12.6. The molecule has 0 heterocycles. The Balaban J connectivity index is 0.00000324. The first-order valence-corrected chi connectivity index (χ1v) is 6.08. The highest BCUT2D eigenvalue weighted by molar-refractivity contribution is 5.91. The lowest BCUT2D eigenvalue weighted by molar-refractivity contribution is -0.182. The molecule has 0 aromatic heterocycles. The predicted octanol–water partition coefficient (Wildman–Crippen LogP) is 3.53. The third-order valence-electron chi connectivity index (χ3n) is 2.93. The van der Waals surface area contributed by atoms with E-state index in [0.717, 1.165) is 11.1 Å². The van der Waals surface area contributed by atoms with Crippen LogP contribution in [0.25, 0.3) is 0 Å². The molecule has 0 saturated carbocycles. The Kier molecular flexibility index (Phi) is 5.83. The monoisotopic (exact) mass is 277 g/mol. The third kappa shape index (κ3) is 4.07. The number of carbonyl (C=O) groups is 1. The fourth-order valence-electron chi connectivity index (χ4n) is 2.20. The lowest BCUT2D eigenvalue weighted by atomic mass is 9.73. The van der Waals surface area contributed by atoms with Crippen LogP contribution in [0.1, 0.15) is 63.0 Å². The van der Waals surface area contributed by atoms with E-state index in [-0.39, 0.29) is 28.2 Å². The van der Waals surface area contributed by atoms with Crippen LogP contribution in [0.4, 0.5) is 0 Å². The predicted molar refractivity (Wildman–Crippen MR) is 77.6 cm³/mol. The molecule has 0 bridgehead atoms. The van der Waals surface area contributed by atoms with Crippen LogP contribution >= 0.6 is 0 Å². The molecule has 4 heteroatoms. The number of hydrogen-bond acceptors (Lipinski definition) is 3. The van der Waals surface area contributed by atoms with Gasteiger partial charge in [0.05, 0.1) is 5.56 Å². The van der Waals surface area contributed by atoms with E-state index in [2.05, 4.69) is 25.7 Å². The summed E-state index contributed by atoms with van der Waals surface area (Å²) >= 11 is 0. The van der Waals surface area contributed by atoms with Crippen LogP contribution in [0.2, 0.25) is 0 Å². The van der Waals surface area contributed by atoms with Crippen molar-refractivity contribution in [2.45, 2.75) is 52.4 Å². The van der Waals surface area contributed by atoms with E-state index in [0.29, 0.717) is 5.56 Å². The molecule has 1 aromatic carbocycles. The van der Waals surface area contributed by atoms with Gasteiger partial charge in [0.15, 0.2) is 0 Å². The van der Waals surface area contributed by atoms with E-state index in [1.165, 1.54) is 0 Å². The summed E-state index contributed by atoms with van der Waals surface area (Å²) in [4.78, 5) is 15.6. The van der Waals surface area contributed by atoms with Crippen molar-refractivity contribution in [1.29, 1.82) is 0 Å². The molecule has 0 saturated heterocycles. The smallest absolute Gasteiger partial charge is 0.295 e. The molecule has 0 spiro atoms. The van der Waals surface area contributed by atoms with Crippen LogP contribution in [0.3, 0.4) is 0 Å². The average Bonchev–Trinajstić information content (AvgIpc) is 2.24. The summed E-state index contributed by atoms with van der Waals surface area (Å²) in [6.45, 7) is 12.5. The zero-order chi connectivity index (χ0) is 14.1. The van der Waals surface area contributed by atoms with Gasteiger partial charge in [-0.3, -0.25) is 4.89 Å². The van der Waals surface area contributed by atoms with Gasteiger partial charge in [0.1, 0.15) is 0 Å². The van der Waals surface area contributed by atoms with Crippen molar-refractivity contribution in [3.05, 3.63) is 34.9 Å². The standard InChI is InChI=1S/C15H22O3.Al/c1-14(2,3)11-9-7-8-10(13(16)18-17)12(11)15(4,5)6;/h7-9,17H,1-6H3;. The second-order valence-corrected chi connectivity index (χ2v) is 6.61. The van der Waals surface area contributed by atoms with Gasteiger partial charge in [0.25, 0.3) is 0 Å². The molecular formula is C15H22AlO3. The Hall–Kier alpha value is -0.818. The topological polar surface area (TPSA) is 46.5 Å². The molecule has 0 unspecified atom stereocenters. The Morgan fingerprint density at radius 3 is 1.95 bits per heavy atom. The summed E-state index contributed by atoms with van der Waals surface area (Å²) in [6.07, 6.45) is 0. The van der Waals surface area contributed by atoms with E-state index in [9.17, 15) is 4.79 Å². The maximum atomic E-state index is 11.7. The van der Waals surface area contributed by atoms with E-state index in [1.807, 2.05) is 32.9 Å². The van der Waals surface area contributed by atoms with Gasteiger partial charge in [-0.2, -0.15) is 5.26 Å².